The summed E-state index contributed by atoms with van der Waals surface area (Å²) in [5.74, 6) is 0.0111. The zero-order valence-corrected chi connectivity index (χ0v) is 8.41. The smallest absolute Gasteiger partial charge is 0.211 e. The number of nitrogens with zero attached hydrogens (tertiary/aromatic N) is 3. The second-order valence-corrected chi connectivity index (χ2v) is 2.72. The van der Waals surface area contributed by atoms with Gasteiger partial charge in [0.05, 0.1) is 6.21 Å². The average Bonchev–Trinajstić information content (AvgIpc) is 2.25. The third-order valence-electron chi connectivity index (χ3n) is 1.50. The topological polar surface area (TPSA) is 121 Å². The van der Waals surface area contributed by atoms with E-state index in [4.69, 9.17) is 11.5 Å². The number of para-hydroxylation sites is 1. The molecule has 7 nitrogen and oxygen atoms in total. The van der Waals surface area contributed by atoms with Crippen LogP contribution in [0.25, 0.3) is 0 Å². The number of benzene rings is 1. The van der Waals surface area contributed by atoms with Gasteiger partial charge in [-0.25, -0.2) is 0 Å². The number of hydrazone groups is 1. The van der Waals surface area contributed by atoms with Gasteiger partial charge in [0.25, 0.3) is 0 Å². The molecule has 0 saturated heterocycles. The highest BCUT2D eigenvalue weighted by atomic mass is 16.3. The van der Waals surface area contributed by atoms with E-state index in [0.717, 1.165) is 0 Å². The molecule has 0 aromatic heterocycles. The van der Waals surface area contributed by atoms with Gasteiger partial charge in [0, 0.05) is 5.56 Å². The van der Waals surface area contributed by atoms with E-state index in [-0.39, 0.29) is 11.7 Å². The maximum atomic E-state index is 9.38. The first-order valence-electron chi connectivity index (χ1n) is 4.37. The van der Waals surface area contributed by atoms with Gasteiger partial charge >= 0.3 is 0 Å². The minimum Gasteiger partial charge on any atom is -0.507 e. The van der Waals surface area contributed by atoms with Gasteiger partial charge in [-0.1, -0.05) is 12.1 Å². The van der Waals surface area contributed by atoms with E-state index in [1.165, 1.54) is 12.6 Å². The van der Waals surface area contributed by atoms with Gasteiger partial charge in [-0.3, -0.25) is 5.43 Å². The molecule has 84 valence electrons. The van der Waals surface area contributed by atoms with E-state index in [2.05, 4.69) is 20.7 Å². The molecule has 0 aliphatic heterocycles. The molecule has 0 bridgehead atoms. The van der Waals surface area contributed by atoms with Gasteiger partial charge in [-0.05, 0) is 12.1 Å². The molecule has 0 saturated carbocycles. The highest BCUT2D eigenvalue weighted by Crippen LogP contribution is 2.12. The van der Waals surface area contributed by atoms with Crippen LogP contribution in [0, 0.1) is 0 Å². The highest BCUT2D eigenvalue weighted by Gasteiger charge is 1.93. The molecule has 0 aliphatic rings. The molecule has 6 N–H and O–H groups in total. The molecule has 0 aliphatic carbocycles. The molecule has 0 unspecified atom stereocenters. The first kappa shape index (κ1) is 11.5. The Kier molecular flexibility index (Phi) is 4.33. The van der Waals surface area contributed by atoms with Crippen LogP contribution < -0.4 is 16.9 Å². The normalized spacial score (nSPS) is 10.8. The first-order valence-corrected chi connectivity index (χ1v) is 4.37. The molecule has 1 rings (SSSR count). The largest absolute Gasteiger partial charge is 0.507 e. The Labute approximate surface area is 92.2 Å². The summed E-state index contributed by atoms with van der Waals surface area (Å²) in [6.45, 7) is 0. The Morgan fingerprint density at radius 2 is 2.06 bits per heavy atom. The molecule has 7 heteroatoms. The molecular weight excluding hydrogens is 208 g/mol. The van der Waals surface area contributed by atoms with Crippen molar-refractivity contribution in [2.75, 3.05) is 0 Å². The number of hydrogen-bond donors (Lipinski definition) is 4. The molecule has 1 aromatic rings. The SMILES string of the molecule is NC(N)=NN=CNN=Cc1ccccc1O. The van der Waals surface area contributed by atoms with Crippen LogP contribution in [-0.4, -0.2) is 23.6 Å². The second-order valence-electron chi connectivity index (χ2n) is 2.72. The Morgan fingerprint density at radius 1 is 1.31 bits per heavy atom. The summed E-state index contributed by atoms with van der Waals surface area (Å²) in [4.78, 5) is 0. The maximum absolute atomic E-state index is 9.38. The lowest BCUT2D eigenvalue weighted by Gasteiger charge is -1.95. The third kappa shape index (κ3) is 4.09. The quantitative estimate of drug-likeness (QED) is 0.311. The zero-order chi connectivity index (χ0) is 11.8. The van der Waals surface area contributed by atoms with E-state index in [1.54, 1.807) is 24.3 Å². The molecule has 0 amide bonds. The lowest BCUT2D eigenvalue weighted by atomic mass is 10.2. The Bertz CT molecular complexity index is 422. The lowest BCUT2D eigenvalue weighted by molar-refractivity contribution is 0.474. The van der Waals surface area contributed by atoms with Crippen LogP contribution in [0.15, 0.2) is 39.6 Å². The minimum atomic E-state index is -0.136. The van der Waals surface area contributed by atoms with Crippen LogP contribution in [0.2, 0.25) is 0 Å². The number of nitrogens with one attached hydrogen (secondary N) is 1. The molecule has 0 spiro atoms. The van der Waals surface area contributed by atoms with E-state index in [1.807, 2.05) is 0 Å². The van der Waals surface area contributed by atoms with Gasteiger partial charge in [-0.15, -0.1) is 10.2 Å². The molecule has 0 heterocycles. The van der Waals surface area contributed by atoms with Crippen LogP contribution >= 0.6 is 0 Å². The van der Waals surface area contributed by atoms with E-state index >= 15 is 0 Å². The summed E-state index contributed by atoms with van der Waals surface area (Å²) in [6, 6.07) is 6.79. The fourth-order valence-corrected chi connectivity index (χ4v) is 0.858. The van der Waals surface area contributed by atoms with Gasteiger partial charge in [0.15, 0.2) is 0 Å². The third-order valence-corrected chi connectivity index (χ3v) is 1.50. The summed E-state index contributed by atoms with van der Waals surface area (Å²) in [6.07, 6.45) is 2.65. The van der Waals surface area contributed by atoms with Gasteiger partial charge < -0.3 is 16.6 Å². The van der Waals surface area contributed by atoms with Gasteiger partial charge in [0.2, 0.25) is 5.96 Å². The average molecular weight is 220 g/mol. The van der Waals surface area contributed by atoms with Gasteiger partial charge in [0.1, 0.15) is 12.1 Å². The van der Waals surface area contributed by atoms with Crippen molar-refractivity contribution in [1.29, 1.82) is 0 Å². The van der Waals surface area contributed by atoms with Crippen molar-refractivity contribution in [3.8, 4) is 5.75 Å². The standard InChI is InChI=1S/C9H12N6O/c10-9(11)15-14-6-13-12-5-7-3-1-2-4-8(7)16/h1-6,16H,(H,13,14)(H4,10,11,15). The monoisotopic (exact) mass is 220 g/mol. The Morgan fingerprint density at radius 3 is 2.75 bits per heavy atom. The van der Waals surface area contributed by atoms with E-state index in [0.29, 0.717) is 5.56 Å². The van der Waals surface area contributed by atoms with Crippen LogP contribution in [-0.2, 0) is 0 Å². The van der Waals surface area contributed by atoms with Crippen molar-refractivity contribution < 1.29 is 5.11 Å². The number of phenols is 1. The predicted molar refractivity (Wildman–Crippen MR) is 63.1 cm³/mol. The predicted octanol–water partition coefficient (Wildman–Crippen LogP) is -0.468. The summed E-state index contributed by atoms with van der Waals surface area (Å²) in [5, 5.41) is 19.9. The lowest BCUT2D eigenvalue weighted by Crippen LogP contribution is -2.22. The molecule has 1 aromatic carbocycles. The summed E-state index contributed by atoms with van der Waals surface area (Å²) < 4.78 is 0. The molecule has 16 heavy (non-hydrogen) atoms. The Hall–Kier alpha value is -2.57. The number of phenolic OH excluding ortho intramolecular Hbond substituents is 1. The summed E-state index contributed by atoms with van der Waals surface area (Å²) in [7, 11) is 0. The van der Waals surface area contributed by atoms with Crippen molar-refractivity contribution in [3.05, 3.63) is 29.8 Å². The molecule has 0 atom stereocenters. The summed E-state index contributed by atoms with van der Waals surface area (Å²) in [5.41, 5.74) is 13.1. The number of hydrogen-bond acceptors (Lipinski definition) is 4. The van der Waals surface area contributed by atoms with Crippen LogP contribution in [0.4, 0.5) is 0 Å². The molecular formula is C9H12N6O. The fraction of sp³-hybridized carbons (Fsp3) is 0. The van der Waals surface area contributed by atoms with Crippen molar-refractivity contribution in [1.82, 2.24) is 5.43 Å². The van der Waals surface area contributed by atoms with E-state index < -0.39 is 0 Å². The Balaban J connectivity index is 2.47. The van der Waals surface area contributed by atoms with Crippen LogP contribution in [0.5, 0.6) is 5.75 Å². The number of aromatic hydroxyl groups is 1. The maximum Gasteiger partial charge on any atom is 0.211 e. The fourth-order valence-electron chi connectivity index (χ4n) is 0.858. The molecule has 0 radical (unpaired) electrons. The zero-order valence-electron chi connectivity index (χ0n) is 8.41. The minimum absolute atomic E-state index is 0.136. The summed E-state index contributed by atoms with van der Waals surface area (Å²) >= 11 is 0. The number of rotatable bonds is 4. The van der Waals surface area contributed by atoms with Crippen LogP contribution in [0.3, 0.4) is 0 Å². The highest BCUT2D eigenvalue weighted by molar-refractivity contribution is 5.83. The van der Waals surface area contributed by atoms with E-state index in [9.17, 15) is 5.11 Å². The first-order chi connectivity index (χ1) is 7.70. The van der Waals surface area contributed by atoms with Crippen molar-refractivity contribution in [2.24, 2.45) is 26.8 Å². The number of guanidine groups is 1. The second kappa shape index (κ2) is 6.02. The van der Waals surface area contributed by atoms with Crippen molar-refractivity contribution in [3.63, 3.8) is 0 Å². The van der Waals surface area contributed by atoms with Crippen molar-refractivity contribution in [2.45, 2.75) is 0 Å². The van der Waals surface area contributed by atoms with Crippen LogP contribution in [0.1, 0.15) is 5.56 Å². The van der Waals surface area contributed by atoms with Crippen molar-refractivity contribution >= 4 is 18.5 Å². The number of nitrogens with two attached hydrogens (primary N) is 2. The molecule has 0 fully saturated rings. The van der Waals surface area contributed by atoms with Gasteiger partial charge in [-0.2, -0.15) is 5.10 Å².